The van der Waals surface area contributed by atoms with Crippen molar-refractivity contribution in [1.29, 1.82) is 0 Å². The van der Waals surface area contributed by atoms with E-state index in [1.54, 1.807) is 0 Å². The van der Waals surface area contributed by atoms with Gasteiger partial charge in [-0.1, -0.05) is 52.0 Å². The molecule has 66 heavy (non-hydrogen) atoms. The molecule has 18 nitrogen and oxygen atoms in total. The third-order valence-electron chi connectivity index (χ3n) is 9.62. The number of aromatic nitrogens is 4. The lowest BCUT2D eigenvalue weighted by molar-refractivity contribution is -0.309. The van der Waals surface area contributed by atoms with E-state index in [4.69, 9.17) is 0 Å². The van der Waals surface area contributed by atoms with Crippen LogP contribution in [-0.4, -0.2) is 120 Å². The van der Waals surface area contributed by atoms with Crippen LogP contribution in [0.3, 0.4) is 0 Å². The van der Waals surface area contributed by atoms with Gasteiger partial charge >= 0.3 is 0 Å². The molecule has 4 aromatic rings. The summed E-state index contributed by atoms with van der Waals surface area (Å²) in [6.45, 7) is 7.38. The second-order valence-electron chi connectivity index (χ2n) is 15.9. The van der Waals surface area contributed by atoms with Crippen molar-refractivity contribution in [2.24, 2.45) is 0 Å². The first-order valence-corrected chi connectivity index (χ1v) is 24.0. The van der Waals surface area contributed by atoms with Crippen molar-refractivity contribution in [2.75, 3.05) is 35.2 Å². The molecule has 4 N–H and O–H groups in total. The number of hydrogen-bond acceptors (Lipinski definition) is 16. The number of carboxylic acid groups (broad SMARTS) is 2. The number of anilines is 2. The molecule has 0 saturated heterocycles. The maximum absolute atomic E-state index is 13.5. The molecule has 0 bridgehead atoms. The molecule has 2 aromatic carbocycles. The van der Waals surface area contributed by atoms with Crippen LogP contribution in [0, 0.1) is 11.6 Å². The number of aliphatic hydroxyl groups is 4. The number of rotatable bonds is 20. The van der Waals surface area contributed by atoms with Crippen LogP contribution in [0.2, 0.25) is 0 Å². The molecule has 0 radical (unpaired) electrons. The largest absolute Gasteiger partial charge is 0.550 e. The Balaban J connectivity index is 0.000000350. The Labute approximate surface area is 382 Å². The van der Waals surface area contributed by atoms with Crippen LogP contribution in [0.5, 0.6) is 0 Å². The summed E-state index contributed by atoms with van der Waals surface area (Å²) in [7, 11) is -4.67. The molecule has 4 rings (SSSR count). The first kappa shape index (κ1) is 54.6. The van der Waals surface area contributed by atoms with Crippen molar-refractivity contribution in [3.63, 3.8) is 0 Å². The van der Waals surface area contributed by atoms with Crippen LogP contribution in [0.15, 0.2) is 60.7 Å². The minimum Gasteiger partial charge on any atom is -0.550 e. The second-order valence-corrected chi connectivity index (χ2v) is 19.9. The fourth-order valence-electron chi connectivity index (χ4n) is 6.07. The van der Waals surface area contributed by atoms with E-state index in [0.29, 0.717) is 45.0 Å². The van der Waals surface area contributed by atoms with E-state index >= 15 is 0 Å². The number of hydrogen-bond donors (Lipinski definition) is 4. The number of carboxylic acids is 2. The molecule has 0 aliphatic rings. The van der Waals surface area contributed by atoms with Crippen molar-refractivity contribution in [3.05, 3.63) is 94.8 Å². The minimum absolute atomic E-state index is 0.0670. The number of carbonyl (C=O) groups is 2. The fourth-order valence-corrected chi connectivity index (χ4v) is 6.83. The number of halogens is 2. The summed E-state index contributed by atoms with van der Waals surface area (Å²) in [6.07, 6.45) is 1.16. The van der Waals surface area contributed by atoms with E-state index in [1.807, 2.05) is 27.7 Å². The Morgan fingerprint density at radius 3 is 1.17 bits per heavy atom. The third-order valence-corrected chi connectivity index (χ3v) is 11.9. The van der Waals surface area contributed by atoms with Gasteiger partial charge < -0.3 is 40.2 Å². The predicted molar refractivity (Wildman–Crippen MR) is 240 cm³/mol. The Morgan fingerprint density at radius 1 is 0.606 bits per heavy atom. The van der Waals surface area contributed by atoms with Gasteiger partial charge in [0.2, 0.25) is 31.9 Å². The number of sulfonamides is 2. The van der Waals surface area contributed by atoms with Gasteiger partial charge in [0.25, 0.3) is 0 Å². The highest BCUT2D eigenvalue weighted by Crippen LogP contribution is 2.33. The Bertz CT molecular complexity index is 2420. The van der Waals surface area contributed by atoms with E-state index < -0.39 is 80.9 Å². The molecular weight excluding hydrogens is 907 g/mol. The summed E-state index contributed by atoms with van der Waals surface area (Å²) >= 11 is 0. The lowest BCUT2D eigenvalue weighted by Gasteiger charge is -2.20. The Hall–Kier alpha value is -5.78. The van der Waals surface area contributed by atoms with Crippen LogP contribution in [-0.2, 0) is 29.6 Å². The summed E-state index contributed by atoms with van der Waals surface area (Å²) in [6, 6.07) is 10.9. The lowest BCUT2D eigenvalue weighted by Crippen LogP contribution is -2.29. The standard InChI is InChI=1S/2C22H28FN3O6S/c2*1-13(2)20-18(10-9-16(27)11-17(28)12-19(29)30)21(14-5-7-15(23)8-6-14)25-22(24-20)26(3)33(4,31)32/h2*5-10,13,16-17,27-28H,11-12H2,1-4H3,(H,29,30)/p-2/b2*10-9+. The van der Waals surface area contributed by atoms with Crippen molar-refractivity contribution in [1.82, 2.24) is 19.9 Å². The molecule has 0 amide bonds. The normalized spacial score (nSPS) is 13.9. The summed E-state index contributed by atoms with van der Waals surface area (Å²) in [5, 5.41) is 61.1. The smallest absolute Gasteiger partial charge is 0.239 e. The van der Waals surface area contributed by atoms with Crippen LogP contribution in [0.25, 0.3) is 34.7 Å². The van der Waals surface area contributed by atoms with E-state index in [9.17, 15) is 65.8 Å². The van der Waals surface area contributed by atoms with Gasteiger partial charge in [0, 0.05) is 74.0 Å². The quantitative estimate of drug-likeness (QED) is 0.0987. The summed E-state index contributed by atoms with van der Waals surface area (Å²) in [5.74, 6) is -4.28. The maximum atomic E-state index is 13.5. The summed E-state index contributed by atoms with van der Waals surface area (Å²) in [4.78, 5) is 38.9. The van der Waals surface area contributed by atoms with Crippen LogP contribution >= 0.6 is 0 Å². The van der Waals surface area contributed by atoms with Crippen molar-refractivity contribution in [2.45, 2.75) is 89.6 Å². The van der Waals surface area contributed by atoms with Gasteiger partial charge in [-0.25, -0.2) is 54.2 Å². The zero-order valence-corrected chi connectivity index (χ0v) is 39.2. The molecule has 4 atom stereocenters. The van der Waals surface area contributed by atoms with E-state index in [0.717, 1.165) is 21.1 Å². The van der Waals surface area contributed by atoms with Crippen LogP contribution in [0.1, 0.15) is 87.7 Å². The molecule has 2 aromatic heterocycles. The van der Waals surface area contributed by atoms with Crippen molar-refractivity contribution < 1.29 is 65.8 Å². The number of carbonyl (C=O) groups excluding carboxylic acids is 2. The van der Waals surface area contributed by atoms with Gasteiger partial charge in [0.15, 0.2) is 0 Å². The second kappa shape index (κ2) is 23.6. The highest BCUT2D eigenvalue weighted by Gasteiger charge is 2.24. The number of benzene rings is 2. The number of nitrogens with zero attached hydrogens (tertiary/aromatic N) is 6. The number of aliphatic carboxylic acids is 2. The maximum Gasteiger partial charge on any atom is 0.239 e. The predicted octanol–water partition coefficient (Wildman–Crippen LogP) is 2.13. The Morgan fingerprint density at radius 2 is 0.909 bits per heavy atom. The molecule has 0 saturated carbocycles. The van der Waals surface area contributed by atoms with Crippen molar-refractivity contribution >= 4 is 56.0 Å². The monoisotopic (exact) mass is 960 g/mol. The number of aliphatic hydroxyl groups excluding tert-OH is 4. The Kier molecular flexibility index (Phi) is 19.5. The van der Waals surface area contributed by atoms with Crippen LogP contribution < -0.4 is 18.8 Å². The molecule has 0 aliphatic carbocycles. The molecule has 360 valence electrons. The van der Waals surface area contributed by atoms with Gasteiger partial charge in [-0.15, -0.1) is 0 Å². The average molecular weight is 961 g/mol. The van der Waals surface area contributed by atoms with Gasteiger partial charge in [0.05, 0.1) is 59.7 Å². The van der Waals surface area contributed by atoms with E-state index in [2.05, 4.69) is 19.9 Å². The zero-order chi connectivity index (χ0) is 49.8. The minimum atomic E-state index is -3.66. The molecule has 22 heteroatoms. The first-order chi connectivity index (χ1) is 30.6. The molecular formula is C44H54F2N6O12S2-2. The van der Waals surface area contributed by atoms with Gasteiger partial charge in [-0.2, -0.15) is 0 Å². The molecule has 4 unspecified atom stereocenters. The van der Waals surface area contributed by atoms with E-state index in [-0.39, 0.29) is 36.6 Å². The SMILES string of the molecule is CC(C)c1nc(N(C)S(C)(=O)=O)nc(-c2ccc(F)cc2)c1/C=C/C(O)CC(O)CC(=O)[O-].CC(C)c1nc(N(C)S(C)(=O)=O)nc(-c2ccc(F)cc2)c1/C=C/C(O)CC(O)CC(=O)[O-]. The highest BCUT2D eigenvalue weighted by molar-refractivity contribution is 7.92. The zero-order valence-electron chi connectivity index (χ0n) is 37.5. The van der Waals surface area contributed by atoms with Gasteiger partial charge in [-0.05, 0) is 60.4 Å². The van der Waals surface area contributed by atoms with E-state index in [1.165, 1.54) is 86.9 Å². The third kappa shape index (κ3) is 16.3. The first-order valence-electron chi connectivity index (χ1n) is 20.3. The lowest BCUT2D eigenvalue weighted by atomic mass is 9.97. The summed E-state index contributed by atoms with van der Waals surface area (Å²) in [5.41, 5.74) is 3.52. The van der Waals surface area contributed by atoms with Crippen molar-refractivity contribution in [3.8, 4) is 22.5 Å². The molecule has 2 heterocycles. The summed E-state index contributed by atoms with van der Waals surface area (Å²) < 4.78 is 77.1. The topological polar surface area (TPSA) is 287 Å². The highest BCUT2D eigenvalue weighted by atomic mass is 32.2. The molecule has 0 aliphatic heterocycles. The average Bonchev–Trinajstić information content (AvgIpc) is 3.20. The molecule has 0 fully saturated rings. The van der Waals surface area contributed by atoms with Gasteiger partial charge in [-0.3, -0.25) is 0 Å². The fraction of sp³-hybridized carbons (Fsp3) is 0.409. The van der Waals surface area contributed by atoms with Gasteiger partial charge in [0.1, 0.15) is 11.6 Å². The molecule has 0 spiro atoms. The van der Waals surface area contributed by atoms with Crippen LogP contribution in [0.4, 0.5) is 20.7 Å².